The van der Waals surface area contributed by atoms with Gasteiger partial charge in [0.1, 0.15) is 5.75 Å². The van der Waals surface area contributed by atoms with Gasteiger partial charge in [-0.1, -0.05) is 48.5 Å². The van der Waals surface area contributed by atoms with E-state index in [1.54, 1.807) is 0 Å². The smallest absolute Gasteiger partial charge is 0.157 e. The van der Waals surface area contributed by atoms with Gasteiger partial charge in [-0.2, -0.15) is 0 Å². The molecule has 1 saturated heterocycles. The number of piperidine rings is 1. The van der Waals surface area contributed by atoms with Gasteiger partial charge in [0.2, 0.25) is 0 Å². The van der Waals surface area contributed by atoms with Crippen molar-refractivity contribution in [1.82, 2.24) is 5.32 Å². The SMILES string of the molecule is c1ccc(OC2NCCCC2c2ccccc2)cc1. The zero-order chi connectivity index (χ0) is 12.9. The molecular weight excluding hydrogens is 234 g/mol. The van der Waals surface area contributed by atoms with Crippen molar-refractivity contribution in [2.24, 2.45) is 0 Å². The molecule has 0 spiro atoms. The minimum atomic E-state index is 0.0681. The van der Waals surface area contributed by atoms with Gasteiger partial charge >= 0.3 is 0 Å². The van der Waals surface area contributed by atoms with Crippen molar-refractivity contribution in [2.75, 3.05) is 6.54 Å². The zero-order valence-corrected chi connectivity index (χ0v) is 11.0. The van der Waals surface area contributed by atoms with Crippen LogP contribution in [0.5, 0.6) is 5.75 Å². The van der Waals surface area contributed by atoms with Crippen LogP contribution in [0.15, 0.2) is 60.7 Å². The highest BCUT2D eigenvalue weighted by Gasteiger charge is 2.27. The molecule has 0 radical (unpaired) electrons. The third-order valence-electron chi connectivity index (χ3n) is 3.64. The standard InChI is InChI=1S/C17H19NO/c1-3-8-14(9-4-1)16-12-7-13-18-17(16)19-15-10-5-2-6-11-15/h1-6,8-11,16-18H,7,12-13H2. The fraction of sp³-hybridized carbons (Fsp3) is 0.294. The number of para-hydroxylation sites is 1. The molecule has 1 N–H and O–H groups in total. The van der Waals surface area contributed by atoms with E-state index in [2.05, 4.69) is 35.6 Å². The molecule has 1 aliphatic heterocycles. The van der Waals surface area contributed by atoms with E-state index in [0.717, 1.165) is 12.3 Å². The van der Waals surface area contributed by atoms with Gasteiger partial charge in [0.15, 0.2) is 6.23 Å². The minimum absolute atomic E-state index is 0.0681. The molecule has 2 unspecified atom stereocenters. The first kappa shape index (κ1) is 12.2. The lowest BCUT2D eigenvalue weighted by Crippen LogP contribution is -2.44. The van der Waals surface area contributed by atoms with Crippen LogP contribution in [0, 0.1) is 0 Å². The predicted octanol–water partition coefficient (Wildman–Crippen LogP) is 3.56. The molecule has 0 aliphatic carbocycles. The molecular formula is C17H19NO. The Balaban J connectivity index is 1.78. The highest BCUT2D eigenvalue weighted by atomic mass is 16.5. The lowest BCUT2D eigenvalue weighted by atomic mass is 9.90. The van der Waals surface area contributed by atoms with E-state index in [-0.39, 0.29) is 6.23 Å². The Hall–Kier alpha value is -1.80. The summed E-state index contributed by atoms with van der Waals surface area (Å²) in [7, 11) is 0. The average Bonchev–Trinajstić information content (AvgIpc) is 2.50. The summed E-state index contributed by atoms with van der Waals surface area (Å²) in [6, 6.07) is 20.7. The summed E-state index contributed by atoms with van der Waals surface area (Å²) in [6.07, 6.45) is 2.45. The Kier molecular flexibility index (Phi) is 3.80. The number of rotatable bonds is 3. The fourth-order valence-corrected chi connectivity index (χ4v) is 2.67. The third-order valence-corrected chi connectivity index (χ3v) is 3.64. The highest BCUT2D eigenvalue weighted by Crippen LogP contribution is 2.29. The molecule has 2 atom stereocenters. The molecule has 1 aliphatic rings. The van der Waals surface area contributed by atoms with E-state index in [0.29, 0.717) is 5.92 Å². The molecule has 2 heteroatoms. The summed E-state index contributed by atoms with van der Waals surface area (Å²) >= 11 is 0. The average molecular weight is 253 g/mol. The molecule has 2 aromatic rings. The number of benzene rings is 2. The van der Waals surface area contributed by atoms with Crippen LogP contribution >= 0.6 is 0 Å². The van der Waals surface area contributed by atoms with Crippen molar-refractivity contribution in [2.45, 2.75) is 25.0 Å². The summed E-state index contributed by atoms with van der Waals surface area (Å²) in [5.41, 5.74) is 1.36. The monoisotopic (exact) mass is 253 g/mol. The number of hydrogen-bond donors (Lipinski definition) is 1. The molecule has 1 heterocycles. The molecule has 0 aromatic heterocycles. The molecule has 0 amide bonds. The number of nitrogens with one attached hydrogen (secondary N) is 1. The van der Waals surface area contributed by atoms with E-state index in [4.69, 9.17) is 4.74 Å². The first-order chi connectivity index (χ1) is 9.43. The number of ether oxygens (including phenoxy) is 1. The van der Waals surface area contributed by atoms with Crippen LogP contribution in [0.1, 0.15) is 24.3 Å². The first-order valence-electron chi connectivity index (χ1n) is 6.93. The molecule has 0 bridgehead atoms. The van der Waals surface area contributed by atoms with Gasteiger partial charge in [0.05, 0.1) is 0 Å². The topological polar surface area (TPSA) is 21.3 Å². The van der Waals surface area contributed by atoms with Gasteiger partial charge in [-0.3, -0.25) is 5.32 Å². The van der Waals surface area contributed by atoms with Crippen molar-refractivity contribution >= 4 is 0 Å². The van der Waals surface area contributed by atoms with Crippen molar-refractivity contribution in [1.29, 1.82) is 0 Å². The molecule has 19 heavy (non-hydrogen) atoms. The predicted molar refractivity (Wildman–Crippen MR) is 77.3 cm³/mol. The van der Waals surface area contributed by atoms with Crippen LogP contribution in [-0.2, 0) is 0 Å². The zero-order valence-electron chi connectivity index (χ0n) is 11.0. The normalized spacial score (nSPS) is 22.9. The Bertz CT molecular complexity index is 497. The maximum absolute atomic E-state index is 6.11. The molecule has 2 nitrogen and oxygen atoms in total. The lowest BCUT2D eigenvalue weighted by molar-refractivity contribution is 0.108. The Morgan fingerprint density at radius 2 is 1.58 bits per heavy atom. The van der Waals surface area contributed by atoms with E-state index in [1.165, 1.54) is 18.4 Å². The molecule has 0 saturated carbocycles. The minimum Gasteiger partial charge on any atom is -0.475 e. The van der Waals surface area contributed by atoms with Gasteiger partial charge in [0, 0.05) is 5.92 Å². The summed E-state index contributed by atoms with van der Waals surface area (Å²) in [6.45, 7) is 1.03. The van der Waals surface area contributed by atoms with Gasteiger partial charge in [0.25, 0.3) is 0 Å². The van der Waals surface area contributed by atoms with E-state index in [1.807, 2.05) is 30.3 Å². The Morgan fingerprint density at radius 1 is 0.895 bits per heavy atom. The Labute approximate surface area is 114 Å². The quantitative estimate of drug-likeness (QED) is 0.903. The van der Waals surface area contributed by atoms with Crippen LogP contribution < -0.4 is 10.1 Å². The van der Waals surface area contributed by atoms with E-state index in [9.17, 15) is 0 Å². The van der Waals surface area contributed by atoms with Crippen molar-refractivity contribution in [3.05, 3.63) is 66.2 Å². The fourth-order valence-electron chi connectivity index (χ4n) is 2.67. The van der Waals surface area contributed by atoms with Gasteiger partial charge in [-0.05, 0) is 37.1 Å². The summed E-state index contributed by atoms with van der Waals surface area (Å²) in [4.78, 5) is 0. The second-order valence-corrected chi connectivity index (χ2v) is 4.97. The van der Waals surface area contributed by atoms with Crippen molar-refractivity contribution < 1.29 is 4.74 Å². The lowest BCUT2D eigenvalue weighted by Gasteiger charge is -2.33. The van der Waals surface area contributed by atoms with E-state index < -0.39 is 0 Å². The van der Waals surface area contributed by atoms with Gasteiger partial charge < -0.3 is 4.74 Å². The molecule has 1 fully saturated rings. The third kappa shape index (κ3) is 2.96. The molecule has 2 aromatic carbocycles. The van der Waals surface area contributed by atoms with Crippen LogP contribution in [-0.4, -0.2) is 12.8 Å². The van der Waals surface area contributed by atoms with Crippen LogP contribution in [0.25, 0.3) is 0 Å². The van der Waals surface area contributed by atoms with Crippen LogP contribution in [0.3, 0.4) is 0 Å². The van der Waals surface area contributed by atoms with Gasteiger partial charge in [-0.15, -0.1) is 0 Å². The summed E-state index contributed by atoms with van der Waals surface area (Å²) < 4.78 is 6.11. The summed E-state index contributed by atoms with van der Waals surface area (Å²) in [5, 5.41) is 3.49. The van der Waals surface area contributed by atoms with E-state index >= 15 is 0 Å². The maximum atomic E-state index is 6.11. The van der Waals surface area contributed by atoms with Crippen molar-refractivity contribution in [3.63, 3.8) is 0 Å². The number of hydrogen-bond acceptors (Lipinski definition) is 2. The molecule has 98 valence electrons. The second kappa shape index (κ2) is 5.89. The van der Waals surface area contributed by atoms with Crippen LogP contribution in [0.4, 0.5) is 0 Å². The second-order valence-electron chi connectivity index (χ2n) is 4.97. The first-order valence-corrected chi connectivity index (χ1v) is 6.93. The summed E-state index contributed by atoms with van der Waals surface area (Å²) in [5.74, 6) is 1.36. The largest absolute Gasteiger partial charge is 0.475 e. The maximum Gasteiger partial charge on any atom is 0.157 e. The highest BCUT2D eigenvalue weighted by molar-refractivity contribution is 5.24. The van der Waals surface area contributed by atoms with Gasteiger partial charge in [-0.25, -0.2) is 0 Å². The molecule has 3 rings (SSSR count). The Morgan fingerprint density at radius 3 is 2.32 bits per heavy atom. The van der Waals surface area contributed by atoms with Crippen molar-refractivity contribution in [3.8, 4) is 5.75 Å². The van der Waals surface area contributed by atoms with Crippen LogP contribution in [0.2, 0.25) is 0 Å².